The molecule has 1 aliphatic rings. The first-order chi connectivity index (χ1) is 13.8. The van der Waals surface area contributed by atoms with Gasteiger partial charge in [-0.15, -0.1) is 0 Å². The number of benzene rings is 1. The number of hydrogen-bond acceptors (Lipinski definition) is 4. The third-order valence-electron chi connectivity index (χ3n) is 5.48. The van der Waals surface area contributed by atoms with Crippen LogP contribution in [0.4, 0.5) is 5.69 Å². The molecule has 0 unspecified atom stereocenters. The fourth-order valence-electron chi connectivity index (χ4n) is 3.75. The molecule has 2 heterocycles. The van der Waals surface area contributed by atoms with Crippen LogP contribution in [0.2, 0.25) is 0 Å². The summed E-state index contributed by atoms with van der Waals surface area (Å²) in [5, 5.41) is 0. The lowest BCUT2D eigenvalue weighted by atomic mass is 10.2. The van der Waals surface area contributed by atoms with Gasteiger partial charge in [-0.2, -0.15) is 4.31 Å². The Morgan fingerprint density at radius 1 is 1.07 bits per heavy atom. The summed E-state index contributed by atoms with van der Waals surface area (Å²) < 4.78 is 28.6. The molecule has 0 saturated carbocycles. The molecule has 0 bridgehead atoms. The van der Waals surface area contributed by atoms with Crippen LogP contribution in [0, 0.1) is 6.92 Å². The molecule has 158 valence electrons. The van der Waals surface area contributed by atoms with Gasteiger partial charge in [-0.1, -0.05) is 26.0 Å². The van der Waals surface area contributed by atoms with Crippen molar-refractivity contribution in [3.63, 3.8) is 0 Å². The molecular weight excluding hydrogens is 388 g/mol. The molecule has 0 radical (unpaired) electrons. The maximum atomic E-state index is 13.0. The van der Waals surface area contributed by atoms with Gasteiger partial charge in [0.1, 0.15) is 10.6 Å². The molecule has 0 N–H and O–H groups in total. The van der Waals surface area contributed by atoms with Crippen LogP contribution in [0.15, 0.2) is 41.4 Å². The first-order valence-corrected chi connectivity index (χ1v) is 11.5. The third-order valence-corrected chi connectivity index (χ3v) is 7.49. The number of hydrogen-bond donors (Lipinski definition) is 0. The van der Waals surface area contributed by atoms with Gasteiger partial charge in [0.2, 0.25) is 10.0 Å². The second kappa shape index (κ2) is 8.59. The largest absolute Gasteiger partial charge is 0.368 e. The molecule has 1 aliphatic heterocycles. The Morgan fingerprint density at radius 3 is 2.31 bits per heavy atom. The minimum Gasteiger partial charge on any atom is -0.368 e. The van der Waals surface area contributed by atoms with Crippen molar-refractivity contribution in [2.24, 2.45) is 7.05 Å². The first kappa shape index (κ1) is 21.4. The quantitative estimate of drug-likeness (QED) is 0.722. The SMILES string of the molecule is CCN(CC)S(=O)(=O)c1cc(C(=O)N2CCN(c3cccc(C)c3)CC2)n(C)c1. The monoisotopic (exact) mass is 418 g/mol. The van der Waals surface area contributed by atoms with E-state index in [1.54, 1.807) is 16.5 Å². The Hall–Kier alpha value is -2.32. The zero-order valence-electron chi connectivity index (χ0n) is 17.6. The molecule has 1 aromatic heterocycles. The molecule has 29 heavy (non-hydrogen) atoms. The first-order valence-electron chi connectivity index (χ1n) is 10.0. The van der Waals surface area contributed by atoms with E-state index in [0.29, 0.717) is 31.9 Å². The van der Waals surface area contributed by atoms with Crippen LogP contribution in [0.5, 0.6) is 0 Å². The van der Waals surface area contributed by atoms with E-state index in [0.717, 1.165) is 13.1 Å². The molecule has 1 aromatic carbocycles. The van der Waals surface area contributed by atoms with Gasteiger partial charge in [-0.3, -0.25) is 4.79 Å². The maximum absolute atomic E-state index is 13.0. The van der Waals surface area contributed by atoms with Crippen molar-refractivity contribution in [1.29, 1.82) is 0 Å². The van der Waals surface area contributed by atoms with Crippen LogP contribution in [-0.2, 0) is 17.1 Å². The number of amides is 1. The molecule has 0 spiro atoms. The molecular formula is C21H30N4O3S. The summed E-state index contributed by atoms with van der Waals surface area (Å²) in [6, 6.07) is 9.86. The van der Waals surface area contributed by atoms with E-state index >= 15 is 0 Å². The summed E-state index contributed by atoms with van der Waals surface area (Å²) >= 11 is 0. The number of nitrogens with zero attached hydrogens (tertiary/aromatic N) is 4. The molecule has 3 rings (SSSR count). The summed E-state index contributed by atoms with van der Waals surface area (Å²) in [5.41, 5.74) is 2.79. The summed E-state index contributed by atoms with van der Waals surface area (Å²) in [6.45, 7) is 9.21. The van der Waals surface area contributed by atoms with Gasteiger partial charge in [-0.25, -0.2) is 8.42 Å². The normalized spacial score (nSPS) is 15.2. The number of aryl methyl sites for hydroxylation is 2. The minimum absolute atomic E-state index is 0.127. The highest BCUT2D eigenvalue weighted by Crippen LogP contribution is 2.22. The lowest BCUT2D eigenvalue weighted by Crippen LogP contribution is -2.49. The van der Waals surface area contributed by atoms with Crippen molar-refractivity contribution in [2.75, 3.05) is 44.2 Å². The van der Waals surface area contributed by atoms with Crippen LogP contribution in [0.25, 0.3) is 0 Å². The van der Waals surface area contributed by atoms with E-state index in [9.17, 15) is 13.2 Å². The fourth-order valence-corrected chi connectivity index (χ4v) is 5.28. The number of anilines is 1. The van der Waals surface area contributed by atoms with Crippen molar-refractivity contribution in [2.45, 2.75) is 25.7 Å². The zero-order chi connectivity index (χ0) is 21.2. The minimum atomic E-state index is -3.58. The highest BCUT2D eigenvalue weighted by atomic mass is 32.2. The molecule has 2 aromatic rings. The number of carbonyl (C=O) groups excluding carboxylic acids is 1. The molecule has 1 amide bonds. The van der Waals surface area contributed by atoms with Gasteiger partial charge >= 0.3 is 0 Å². The molecule has 1 fully saturated rings. The van der Waals surface area contributed by atoms with Gasteiger partial charge in [0.15, 0.2) is 0 Å². The Kier molecular flexibility index (Phi) is 6.33. The molecule has 0 atom stereocenters. The number of rotatable bonds is 6. The Balaban J connectivity index is 1.73. The Labute approximate surface area is 173 Å². The van der Waals surface area contributed by atoms with E-state index in [2.05, 4.69) is 30.0 Å². The van der Waals surface area contributed by atoms with Crippen LogP contribution >= 0.6 is 0 Å². The Bertz CT molecular complexity index is 972. The molecule has 0 aliphatic carbocycles. The highest BCUT2D eigenvalue weighted by molar-refractivity contribution is 7.89. The van der Waals surface area contributed by atoms with E-state index in [4.69, 9.17) is 0 Å². The van der Waals surface area contributed by atoms with E-state index in [1.165, 1.54) is 27.8 Å². The summed E-state index contributed by atoms with van der Waals surface area (Å²) in [7, 11) is -1.86. The smallest absolute Gasteiger partial charge is 0.270 e. The predicted molar refractivity (Wildman–Crippen MR) is 115 cm³/mol. The number of sulfonamides is 1. The number of piperazine rings is 1. The topological polar surface area (TPSA) is 65.9 Å². The van der Waals surface area contributed by atoms with E-state index < -0.39 is 10.0 Å². The summed E-state index contributed by atoms with van der Waals surface area (Å²) in [4.78, 5) is 17.3. The molecule has 1 saturated heterocycles. The van der Waals surface area contributed by atoms with Crippen molar-refractivity contribution in [3.8, 4) is 0 Å². The van der Waals surface area contributed by atoms with Crippen LogP contribution in [-0.4, -0.2) is 67.4 Å². The average Bonchev–Trinajstić information content (AvgIpc) is 3.11. The lowest BCUT2D eigenvalue weighted by molar-refractivity contribution is 0.0737. The van der Waals surface area contributed by atoms with Crippen LogP contribution in [0.3, 0.4) is 0 Å². The third kappa shape index (κ3) is 4.33. The number of carbonyl (C=O) groups is 1. The van der Waals surface area contributed by atoms with Crippen LogP contribution < -0.4 is 4.90 Å². The van der Waals surface area contributed by atoms with Gasteiger partial charge in [0.05, 0.1) is 0 Å². The van der Waals surface area contributed by atoms with E-state index in [1.807, 2.05) is 19.9 Å². The van der Waals surface area contributed by atoms with Gasteiger partial charge < -0.3 is 14.4 Å². The second-order valence-corrected chi connectivity index (χ2v) is 9.32. The van der Waals surface area contributed by atoms with Crippen molar-refractivity contribution >= 4 is 21.6 Å². The summed E-state index contributed by atoms with van der Waals surface area (Å²) in [5.74, 6) is -0.127. The Morgan fingerprint density at radius 2 is 1.72 bits per heavy atom. The van der Waals surface area contributed by atoms with Gasteiger partial charge in [-0.05, 0) is 30.7 Å². The maximum Gasteiger partial charge on any atom is 0.270 e. The molecule has 7 nitrogen and oxygen atoms in total. The van der Waals surface area contributed by atoms with Gasteiger partial charge in [0, 0.05) is 58.2 Å². The van der Waals surface area contributed by atoms with E-state index in [-0.39, 0.29) is 10.8 Å². The second-order valence-electron chi connectivity index (χ2n) is 7.38. The predicted octanol–water partition coefficient (Wildman–Crippen LogP) is 2.33. The average molecular weight is 419 g/mol. The zero-order valence-corrected chi connectivity index (χ0v) is 18.4. The lowest BCUT2D eigenvalue weighted by Gasteiger charge is -2.36. The van der Waals surface area contributed by atoms with Crippen molar-refractivity contribution in [3.05, 3.63) is 47.8 Å². The van der Waals surface area contributed by atoms with Crippen LogP contribution in [0.1, 0.15) is 29.9 Å². The van der Waals surface area contributed by atoms with Crippen molar-refractivity contribution in [1.82, 2.24) is 13.8 Å². The van der Waals surface area contributed by atoms with Gasteiger partial charge in [0.25, 0.3) is 5.91 Å². The molecule has 8 heteroatoms. The van der Waals surface area contributed by atoms with Crippen molar-refractivity contribution < 1.29 is 13.2 Å². The highest BCUT2D eigenvalue weighted by Gasteiger charge is 2.28. The fraction of sp³-hybridized carbons (Fsp3) is 0.476. The standard InChI is InChI=1S/C21H30N4O3S/c1-5-25(6-2)29(27,28)19-15-20(22(4)16-19)21(26)24-12-10-23(11-13-24)18-9-7-8-17(3)14-18/h7-9,14-16H,5-6,10-13H2,1-4H3. The number of aromatic nitrogens is 1. The summed E-state index contributed by atoms with van der Waals surface area (Å²) in [6.07, 6.45) is 1.53.